The predicted octanol–water partition coefficient (Wildman–Crippen LogP) is 1.96. The maximum Gasteiger partial charge on any atom is 0.253 e. The van der Waals surface area contributed by atoms with E-state index in [2.05, 4.69) is 11.4 Å². The van der Waals surface area contributed by atoms with Crippen molar-refractivity contribution in [2.45, 2.75) is 32.5 Å². The van der Waals surface area contributed by atoms with E-state index in [-0.39, 0.29) is 24.4 Å². The minimum absolute atomic E-state index is 0. The van der Waals surface area contributed by atoms with Gasteiger partial charge in [0.05, 0.1) is 6.10 Å². The van der Waals surface area contributed by atoms with E-state index in [1.807, 2.05) is 24.0 Å². The summed E-state index contributed by atoms with van der Waals surface area (Å²) in [5, 5.41) is 3.31. The summed E-state index contributed by atoms with van der Waals surface area (Å²) in [6.45, 7) is 6.04. The Bertz CT molecular complexity index is 493. The molecule has 5 heteroatoms. The summed E-state index contributed by atoms with van der Waals surface area (Å²) in [5.74, 6) is 0.132. The fourth-order valence-corrected chi connectivity index (χ4v) is 2.79. The van der Waals surface area contributed by atoms with E-state index < -0.39 is 0 Å². The molecule has 2 aliphatic rings. The Labute approximate surface area is 125 Å². The maximum atomic E-state index is 12.5. The predicted molar refractivity (Wildman–Crippen MR) is 80.2 cm³/mol. The molecule has 1 atom stereocenters. The van der Waals surface area contributed by atoms with Crippen LogP contribution in [-0.4, -0.2) is 36.6 Å². The number of nitrogens with one attached hydrogen (secondary N) is 1. The smallest absolute Gasteiger partial charge is 0.253 e. The fraction of sp³-hybridized carbons (Fsp3) is 0.533. The second kappa shape index (κ2) is 6.57. The lowest BCUT2D eigenvalue weighted by molar-refractivity contribution is 0.0562. The maximum absolute atomic E-state index is 12.5. The zero-order valence-corrected chi connectivity index (χ0v) is 12.5. The fourth-order valence-electron chi connectivity index (χ4n) is 2.79. The Morgan fingerprint density at radius 1 is 1.35 bits per heavy atom. The van der Waals surface area contributed by atoms with E-state index >= 15 is 0 Å². The summed E-state index contributed by atoms with van der Waals surface area (Å²) in [4.78, 5) is 14.5. The standard InChI is InChI=1S/C15H20N2O2.ClH/c1-11-10-17(5-2-6-19-11)15(18)12-3-4-13-8-16-9-14(13)7-12;/h3-4,7,11,16H,2,5-6,8-10H2,1H3;1H. The van der Waals surface area contributed by atoms with Gasteiger partial charge in [0.2, 0.25) is 0 Å². The topological polar surface area (TPSA) is 41.6 Å². The number of carbonyl (C=O) groups is 1. The van der Waals surface area contributed by atoms with Crippen molar-refractivity contribution in [1.29, 1.82) is 0 Å². The SMILES string of the molecule is CC1CN(C(=O)c2ccc3c(c2)CNC3)CCCO1.Cl. The average molecular weight is 297 g/mol. The third kappa shape index (κ3) is 3.14. The number of carbonyl (C=O) groups excluding carboxylic acids is 1. The van der Waals surface area contributed by atoms with E-state index in [4.69, 9.17) is 4.74 Å². The lowest BCUT2D eigenvalue weighted by atomic mass is 10.1. The Balaban J connectivity index is 0.00000147. The Morgan fingerprint density at radius 2 is 2.15 bits per heavy atom. The zero-order chi connectivity index (χ0) is 13.2. The second-order valence-corrected chi connectivity index (χ2v) is 5.37. The van der Waals surface area contributed by atoms with Crippen molar-refractivity contribution in [3.63, 3.8) is 0 Å². The highest BCUT2D eigenvalue weighted by Gasteiger charge is 2.22. The highest BCUT2D eigenvalue weighted by molar-refractivity contribution is 5.94. The molecule has 1 amide bonds. The molecule has 1 fully saturated rings. The van der Waals surface area contributed by atoms with E-state index in [9.17, 15) is 4.79 Å². The molecule has 3 rings (SSSR count). The van der Waals surface area contributed by atoms with Gasteiger partial charge in [-0.15, -0.1) is 12.4 Å². The van der Waals surface area contributed by atoms with Gasteiger partial charge in [-0.25, -0.2) is 0 Å². The van der Waals surface area contributed by atoms with Crippen LogP contribution in [0, 0.1) is 0 Å². The summed E-state index contributed by atoms with van der Waals surface area (Å²) in [7, 11) is 0. The van der Waals surface area contributed by atoms with Crippen molar-refractivity contribution < 1.29 is 9.53 Å². The highest BCUT2D eigenvalue weighted by Crippen LogP contribution is 2.19. The number of fused-ring (bicyclic) bond motifs is 1. The van der Waals surface area contributed by atoms with Gasteiger partial charge in [-0.1, -0.05) is 6.07 Å². The number of hydrogen-bond donors (Lipinski definition) is 1. The number of ether oxygens (including phenoxy) is 1. The van der Waals surface area contributed by atoms with Gasteiger partial charge in [0, 0.05) is 38.3 Å². The number of halogens is 1. The van der Waals surface area contributed by atoms with Gasteiger partial charge < -0.3 is 15.0 Å². The monoisotopic (exact) mass is 296 g/mol. The van der Waals surface area contributed by atoms with Crippen molar-refractivity contribution in [2.24, 2.45) is 0 Å². The minimum atomic E-state index is 0. The molecule has 0 bridgehead atoms. The van der Waals surface area contributed by atoms with Gasteiger partial charge in [-0.2, -0.15) is 0 Å². The van der Waals surface area contributed by atoms with Crippen LogP contribution < -0.4 is 5.32 Å². The number of hydrogen-bond acceptors (Lipinski definition) is 3. The van der Waals surface area contributed by atoms with Crippen LogP contribution in [0.5, 0.6) is 0 Å². The van der Waals surface area contributed by atoms with Crippen LogP contribution in [-0.2, 0) is 17.8 Å². The molecule has 4 nitrogen and oxygen atoms in total. The molecule has 0 spiro atoms. The highest BCUT2D eigenvalue weighted by atomic mass is 35.5. The first kappa shape index (κ1) is 15.3. The first-order valence-corrected chi connectivity index (χ1v) is 6.97. The van der Waals surface area contributed by atoms with Crippen LogP contribution in [0.15, 0.2) is 18.2 Å². The van der Waals surface area contributed by atoms with Crippen LogP contribution in [0.1, 0.15) is 34.8 Å². The molecule has 0 radical (unpaired) electrons. The molecule has 1 N–H and O–H groups in total. The van der Waals surface area contributed by atoms with Crippen LogP contribution in [0.3, 0.4) is 0 Å². The molecule has 0 aliphatic carbocycles. The van der Waals surface area contributed by atoms with E-state index in [0.717, 1.165) is 38.2 Å². The van der Waals surface area contributed by atoms with Crippen LogP contribution in [0.4, 0.5) is 0 Å². The van der Waals surface area contributed by atoms with Crippen molar-refractivity contribution >= 4 is 18.3 Å². The Morgan fingerprint density at radius 3 is 3.00 bits per heavy atom. The minimum Gasteiger partial charge on any atom is -0.377 e. The van der Waals surface area contributed by atoms with Gasteiger partial charge in [-0.3, -0.25) is 4.79 Å². The number of benzene rings is 1. The molecule has 1 unspecified atom stereocenters. The number of rotatable bonds is 1. The summed E-state index contributed by atoms with van der Waals surface area (Å²) in [5.41, 5.74) is 3.37. The molecule has 2 aliphatic heterocycles. The second-order valence-electron chi connectivity index (χ2n) is 5.37. The first-order valence-electron chi connectivity index (χ1n) is 6.97. The lowest BCUT2D eigenvalue weighted by Crippen LogP contribution is -2.35. The molecule has 0 saturated carbocycles. The molecular formula is C15H21ClN2O2. The largest absolute Gasteiger partial charge is 0.377 e. The molecule has 20 heavy (non-hydrogen) atoms. The number of nitrogens with zero attached hydrogens (tertiary/aromatic N) is 1. The van der Waals surface area contributed by atoms with Gasteiger partial charge in [0.25, 0.3) is 5.91 Å². The quantitative estimate of drug-likeness (QED) is 0.861. The molecule has 1 aromatic rings. The third-order valence-electron chi connectivity index (χ3n) is 3.82. The molecule has 110 valence electrons. The van der Waals surface area contributed by atoms with Gasteiger partial charge in [0.1, 0.15) is 0 Å². The molecule has 2 heterocycles. The summed E-state index contributed by atoms with van der Waals surface area (Å²) < 4.78 is 5.59. The summed E-state index contributed by atoms with van der Waals surface area (Å²) in [6.07, 6.45) is 1.05. The van der Waals surface area contributed by atoms with E-state index in [1.54, 1.807) is 0 Å². The van der Waals surface area contributed by atoms with Gasteiger partial charge in [-0.05, 0) is 36.6 Å². The average Bonchev–Trinajstić information content (AvgIpc) is 2.78. The lowest BCUT2D eigenvalue weighted by Gasteiger charge is -2.22. The normalized spacial score (nSPS) is 21.9. The van der Waals surface area contributed by atoms with E-state index in [0.29, 0.717) is 6.54 Å². The van der Waals surface area contributed by atoms with Gasteiger partial charge in [0.15, 0.2) is 0 Å². The first-order chi connectivity index (χ1) is 9.24. The van der Waals surface area contributed by atoms with Crippen molar-refractivity contribution in [1.82, 2.24) is 10.2 Å². The Kier molecular flexibility index (Phi) is 5.02. The molecule has 1 saturated heterocycles. The summed E-state index contributed by atoms with van der Waals surface area (Å²) in [6, 6.07) is 6.05. The molecule has 0 aromatic heterocycles. The van der Waals surface area contributed by atoms with Crippen molar-refractivity contribution in [3.05, 3.63) is 34.9 Å². The molecule has 1 aromatic carbocycles. The molecular weight excluding hydrogens is 276 g/mol. The summed E-state index contributed by atoms with van der Waals surface area (Å²) >= 11 is 0. The van der Waals surface area contributed by atoms with Crippen molar-refractivity contribution in [3.8, 4) is 0 Å². The zero-order valence-electron chi connectivity index (χ0n) is 11.7. The van der Waals surface area contributed by atoms with E-state index in [1.165, 1.54) is 11.1 Å². The number of amides is 1. The van der Waals surface area contributed by atoms with Crippen molar-refractivity contribution in [2.75, 3.05) is 19.7 Å². The third-order valence-corrected chi connectivity index (χ3v) is 3.82. The van der Waals surface area contributed by atoms with Crippen LogP contribution in [0.25, 0.3) is 0 Å². The van der Waals surface area contributed by atoms with Gasteiger partial charge >= 0.3 is 0 Å². The Hall–Kier alpha value is -1.10. The van der Waals surface area contributed by atoms with Crippen LogP contribution >= 0.6 is 12.4 Å². The van der Waals surface area contributed by atoms with Crippen LogP contribution in [0.2, 0.25) is 0 Å².